The Kier molecular flexibility index (Phi) is 4.72. The van der Waals surface area contributed by atoms with E-state index in [0.717, 1.165) is 6.42 Å². The minimum Gasteiger partial charge on any atom is -0.396 e. The summed E-state index contributed by atoms with van der Waals surface area (Å²) in [5.74, 6) is 0.461. The molecule has 0 aromatic heterocycles. The normalized spacial score (nSPS) is 12.8. The zero-order valence-corrected chi connectivity index (χ0v) is 6.36. The van der Waals surface area contributed by atoms with Crippen LogP contribution in [0.1, 0.15) is 20.3 Å². The fourth-order valence-electron chi connectivity index (χ4n) is 0.775. The van der Waals surface area contributed by atoms with Crippen LogP contribution in [0, 0.1) is 5.92 Å². The topological polar surface area (TPSA) is 69.0 Å². The van der Waals surface area contributed by atoms with Crippen LogP contribution in [0.15, 0.2) is 5.11 Å². The molecule has 0 saturated carbocycles. The molecular weight excluding hydrogens is 130 g/mol. The lowest BCUT2D eigenvalue weighted by molar-refractivity contribution is 0.250. The molecule has 0 heterocycles. The van der Waals surface area contributed by atoms with Gasteiger partial charge < -0.3 is 5.11 Å². The van der Waals surface area contributed by atoms with Crippen LogP contribution in [0.25, 0.3) is 10.4 Å². The van der Waals surface area contributed by atoms with Crippen molar-refractivity contribution in [3.63, 3.8) is 0 Å². The van der Waals surface area contributed by atoms with Gasteiger partial charge in [0.05, 0.1) is 12.6 Å². The van der Waals surface area contributed by atoms with Gasteiger partial charge in [-0.25, -0.2) is 0 Å². The molecule has 1 N–H and O–H groups in total. The smallest absolute Gasteiger partial charge is 0.0607 e. The van der Waals surface area contributed by atoms with Gasteiger partial charge in [-0.15, -0.1) is 0 Å². The van der Waals surface area contributed by atoms with Gasteiger partial charge in [-0.2, -0.15) is 0 Å². The van der Waals surface area contributed by atoms with Crippen LogP contribution in [-0.4, -0.2) is 17.8 Å². The van der Waals surface area contributed by atoms with Crippen molar-refractivity contribution in [3.8, 4) is 0 Å². The van der Waals surface area contributed by atoms with Crippen molar-refractivity contribution >= 4 is 0 Å². The molecule has 0 aliphatic rings. The zero-order chi connectivity index (χ0) is 7.98. The van der Waals surface area contributed by atoms with Gasteiger partial charge in [0.15, 0.2) is 0 Å². The number of nitrogens with zero attached hydrogens (tertiary/aromatic N) is 3. The summed E-state index contributed by atoms with van der Waals surface area (Å²) in [4.78, 5) is 2.62. The summed E-state index contributed by atoms with van der Waals surface area (Å²) < 4.78 is 0. The third kappa shape index (κ3) is 4.18. The van der Waals surface area contributed by atoms with E-state index in [1.807, 2.05) is 13.8 Å². The number of aliphatic hydroxyl groups excluding tert-OH is 1. The number of azide groups is 1. The minimum atomic E-state index is -0.245. The van der Waals surface area contributed by atoms with E-state index in [1.54, 1.807) is 0 Å². The van der Waals surface area contributed by atoms with E-state index >= 15 is 0 Å². The Labute approximate surface area is 60.5 Å². The van der Waals surface area contributed by atoms with Gasteiger partial charge in [0.2, 0.25) is 0 Å². The summed E-state index contributed by atoms with van der Waals surface area (Å²) in [7, 11) is 0. The summed E-state index contributed by atoms with van der Waals surface area (Å²) >= 11 is 0. The molecule has 0 saturated heterocycles. The van der Waals surface area contributed by atoms with Crippen molar-refractivity contribution < 1.29 is 5.11 Å². The van der Waals surface area contributed by atoms with Gasteiger partial charge in [0.1, 0.15) is 0 Å². The molecule has 0 aromatic rings. The Balaban J connectivity index is 3.71. The maximum absolute atomic E-state index is 8.64. The molecule has 1 unspecified atom stereocenters. The predicted octanol–water partition coefficient (Wildman–Crippen LogP) is 1.70. The Morgan fingerprint density at radius 3 is 2.50 bits per heavy atom. The van der Waals surface area contributed by atoms with Gasteiger partial charge in [-0.1, -0.05) is 19.0 Å². The highest BCUT2D eigenvalue weighted by atomic mass is 16.3. The molecule has 0 bridgehead atoms. The fourth-order valence-corrected chi connectivity index (χ4v) is 0.775. The summed E-state index contributed by atoms with van der Waals surface area (Å²) in [6.07, 6.45) is 0.751. The van der Waals surface area contributed by atoms with E-state index in [2.05, 4.69) is 10.0 Å². The molecule has 0 aromatic carbocycles. The first-order chi connectivity index (χ1) is 4.70. The summed E-state index contributed by atoms with van der Waals surface area (Å²) in [6, 6.07) is -0.245. The molecule has 0 spiro atoms. The molecule has 0 radical (unpaired) electrons. The number of rotatable bonds is 4. The third-order valence-electron chi connectivity index (χ3n) is 1.17. The SMILES string of the molecule is CC(C)CC(CO)N=[N+]=[N-]. The Hall–Kier alpha value is -0.730. The largest absolute Gasteiger partial charge is 0.396 e. The van der Waals surface area contributed by atoms with Crippen LogP contribution in [0.5, 0.6) is 0 Å². The number of hydrogen-bond donors (Lipinski definition) is 1. The lowest BCUT2D eigenvalue weighted by atomic mass is 10.1. The first kappa shape index (κ1) is 9.27. The molecule has 0 amide bonds. The van der Waals surface area contributed by atoms with Crippen LogP contribution in [-0.2, 0) is 0 Å². The van der Waals surface area contributed by atoms with Crippen molar-refractivity contribution in [3.05, 3.63) is 10.4 Å². The Bertz CT molecular complexity index is 129. The van der Waals surface area contributed by atoms with Crippen LogP contribution < -0.4 is 0 Å². The lowest BCUT2D eigenvalue weighted by Gasteiger charge is -2.08. The third-order valence-corrected chi connectivity index (χ3v) is 1.17. The van der Waals surface area contributed by atoms with E-state index < -0.39 is 0 Å². The molecule has 1 atom stereocenters. The number of aliphatic hydroxyl groups is 1. The second kappa shape index (κ2) is 5.09. The highest BCUT2D eigenvalue weighted by molar-refractivity contribution is 4.66. The van der Waals surface area contributed by atoms with E-state index in [1.165, 1.54) is 0 Å². The molecule has 0 fully saturated rings. The van der Waals surface area contributed by atoms with Gasteiger partial charge in [-0.05, 0) is 17.9 Å². The van der Waals surface area contributed by atoms with Gasteiger partial charge in [-0.3, -0.25) is 0 Å². The highest BCUT2D eigenvalue weighted by Gasteiger charge is 2.05. The van der Waals surface area contributed by atoms with Crippen molar-refractivity contribution in [1.29, 1.82) is 0 Å². The quantitative estimate of drug-likeness (QED) is 0.363. The lowest BCUT2D eigenvalue weighted by Crippen LogP contribution is -2.11. The Morgan fingerprint density at radius 1 is 1.60 bits per heavy atom. The molecule has 0 aliphatic heterocycles. The molecular formula is C6H13N3O. The standard InChI is InChI=1S/C6H13N3O/c1-5(2)3-6(4-10)8-9-7/h5-6,10H,3-4H2,1-2H3. The van der Waals surface area contributed by atoms with Crippen LogP contribution in [0.2, 0.25) is 0 Å². The molecule has 4 heteroatoms. The number of hydrogen-bond acceptors (Lipinski definition) is 2. The highest BCUT2D eigenvalue weighted by Crippen LogP contribution is 2.07. The van der Waals surface area contributed by atoms with Crippen LogP contribution in [0.3, 0.4) is 0 Å². The molecule has 58 valence electrons. The average molecular weight is 143 g/mol. The zero-order valence-electron chi connectivity index (χ0n) is 6.36. The van der Waals surface area contributed by atoms with Crippen molar-refractivity contribution in [2.45, 2.75) is 26.3 Å². The van der Waals surface area contributed by atoms with Crippen molar-refractivity contribution in [2.24, 2.45) is 11.0 Å². The van der Waals surface area contributed by atoms with Crippen LogP contribution in [0.4, 0.5) is 0 Å². The summed E-state index contributed by atoms with van der Waals surface area (Å²) in [5.41, 5.74) is 8.03. The summed E-state index contributed by atoms with van der Waals surface area (Å²) in [5, 5.41) is 12.1. The van der Waals surface area contributed by atoms with E-state index in [0.29, 0.717) is 5.92 Å². The molecule has 0 rings (SSSR count). The second-order valence-electron chi connectivity index (χ2n) is 2.67. The van der Waals surface area contributed by atoms with Gasteiger partial charge in [0, 0.05) is 4.91 Å². The summed E-state index contributed by atoms with van der Waals surface area (Å²) in [6.45, 7) is 3.99. The first-order valence-corrected chi connectivity index (χ1v) is 3.35. The van der Waals surface area contributed by atoms with Crippen molar-refractivity contribution in [1.82, 2.24) is 0 Å². The molecule has 4 nitrogen and oxygen atoms in total. The van der Waals surface area contributed by atoms with E-state index in [9.17, 15) is 0 Å². The maximum Gasteiger partial charge on any atom is 0.0607 e. The average Bonchev–Trinajstić information content (AvgIpc) is 1.86. The van der Waals surface area contributed by atoms with E-state index in [4.69, 9.17) is 10.6 Å². The molecule has 0 aliphatic carbocycles. The Morgan fingerprint density at radius 2 is 2.20 bits per heavy atom. The predicted molar refractivity (Wildman–Crippen MR) is 39.5 cm³/mol. The van der Waals surface area contributed by atoms with E-state index in [-0.39, 0.29) is 12.6 Å². The monoisotopic (exact) mass is 143 g/mol. The minimum absolute atomic E-state index is 0.0533. The van der Waals surface area contributed by atoms with Crippen LogP contribution >= 0.6 is 0 Å². The fraction of sp³-hybridized carbons (Fsp3) is 1.00. The maximum atomic E-state index is 8.64. The van der Waals surface area contributed by atoms with Crippen molar-refractivity contribution in [2.75, 3.05) is 6.61 Å². The van der Waals surface area contributed by atoms with Gasteiger partial charge >= 0.3 is 0 Å². The first-order valence-electron chi connectivity index (χ1n) is 3.35. The van der Waals surface area contributed by atoms with Gasteiger partial charge in [0.25, 0.3) is 0 Å². The molecule has 10 heavy (non-hydrogen) atoms. The second-order valence-corrected chi connectivity index (χ2v) is 2.67.